The fourth-order valence-electron chi connectivity index (χ4n) is 2.55. The largest absolute Gasteiger partial charge is 0.500 e. The van der Waals surface area contributed by atoms with E-state index in [1.165, 1.54) is 0 Å². The summed E-state index contributed by atoms with van der Waals surface area (Å²) in [4.78, 5) is 0. The van der Waals surface area contributed by atoms with Crippen LogP contribution in [0, 0.1) is 0 Å². The van der Waals surface area contributed by atoms with Gasteiger partial charge in [0.1, 0.15) is 11.5 Å². The van der Waals surface area contributed by atoms with Crippen LogP contribution in [0.5, 0.6) is 11.5 Å². The molecular weight excluding hydrogens is 384 g/mol. The molecule has 0 aliphatic rings. The first-order valence-electron chi connectivity index (χ1n) is 9.13. The smallest absolute Gasteiger partial charge is 0.494 e. The highest BCUT2D eigenvalue weighted by Gasteiger charge is 2.36. The van der Waals surface area contributed by atoms with Crippen LogP contribution in [0.25, 0.3) is 0 Å². The lowest BCUT2D eigenvalue weighted by Crippen LogP contribution is -2.42. The van der Waals surface area contributed by atoms with Crippen LogP contribution in [0.3, 0.4) is 0 Å². The summed E-state index contributed by atoms with van der Waals surface area (Å²) in [5.74, 6) is 1.60. The molecule has 1 N–H and O–H groups in total. The Labute approximate surface area is 165 Å². The van der Waals surface area contributed by atoms with E-state index in [1.807, 2.05) is 30.8 Å². The van der Waals surface area contributed by atoms with E-state index < -0.39 is 17.1 Å². The van der Waals surface area contributed by atoms with Crippen molar-refractivity contribution in [2.75, 3.05) is 47.9 Å². The number of hydrogen-bond donors (Lipinski definition) is 1. The Morgan fingerprint density at radius 3 is 1.56 bits per heavy atom. The van der Waals surface area contributed by atoms with E-state index in [2.05, 4.69) is 0 Å². The average Bonchev–Trinajstić information content (AvgIpc) is 2.72. The topological polar surface area (TPSA) is 75.6 Å². The van der Waals surface area contributed by atoms with E-state index in [4.69, 9.17) is 27.2 Å². The van der Waals surface area contributed by atoms with Gasteiger partial charge in [-0.25, -0.2) is 0 Å². The van der Waals surface area contributed by atoms with Gasteiger partial charge in [0.25, 0.3) is 0 Å². The minimum absolute atomic E-state index is 0.137. The summed E-state index contributed by atoms with van der Waals surface area (Å²) in [5.41, 5.74) is 0. The third-order valence-electron chi connectivity index (χ3n) is 4.60. The molecule has 0 saturated carbocycles. The zero-order valence-electron chi connectivity index (χ0n) is 17.2. The molecule has 0 aliphatic heterocycles. The van der Waals surface area contributed by atoms with Crippen molar-refractivity contribution in [1.82, 2.24) is 0 Å². The normalized spacial score (nSPS) is 14.0. The first-order chi connectivity index (χ1) is 13.0. The quantitative estimate of drug-likeness (QED) is 0.347. The second-order valence-electron chi connectivity index (χ2n) is 6.48. The SMILES string of the molecule is CO[Si](C)(CO)CCCOc1ccc(OCCC[Si](OC)(OC)OC)cc1. The second kappa shape index (κ2) is 12.5. The Balaban J connectivity index is 2.30. The highest BCUT2D eigenvalue weighted by Crippen LogP contribution is 2.20. The van der Waals surface area contributed by atoms with Gasteiger partial charge in [0.15, 0.2) is 0 Å². The summed E-state index contributed by atoms with van der Waals surface area (Å²) in [5, 5.41) is 9.37. The van der Waals surface area contributed by atoms with Crippen LogP contribution in [0.4, 0.5) is 0 Å². The van der Waals surface area contributed by atoms with Crippen molar-refractivity contribution in [3.63, 3.8) is 0 Å². The van der Waals surface area contributed by atoms with Gasteiger partial charge in [-0.15, -0.1) is 0 Å². The summed E-state index contributed by atoms with van der Waals surface area (Å²) in [7, 11) is 2.03. The van der Waals surface area contributed by atoms with Gasteiger partial charge in [-0.05, 0) is 49.7 Å². The molecule has 0 aromatic heterocycles. The number of aliphatic hydroxyl groups excluding tert-OH is 1. The molecule has 0 spiro atoms. The van der Waals surface area contributed by atoms with Gasteiger partial charge in [0.2, 0.25) is 8.32 Å². The molecule has 0 heterocycles. The maximum absolute atomic E-state index is 9.37. The molecule has 156 valence electrons. The summed E-state index contributed by atoms with van der Waals surface area (Å²) in [6.45, 7) is 3.19. The van der Waals surface area contributed by atoms with Crippen LogP contribution in [-0.2, 0) is 17.7 Å². The molecule has 0 amide bonds. The molecule has 0 bridgehead atoms. The lowest BCUT2D eigenvalue weighted by molar-refractivity contribution is 0.121. The Bertz CT molecular complexity index is 497. The van der Waals surface area contributed by atoms with Crippen molar-refractivity contribution in [1.29, 1.82) is 0 Å². The molecule has 1 aromatic rings. The number of ether oxygens (including phenoxy) is 2. The number of benzene rings is 1. The molecule has 9 heteroatoms. The van der Waals surface area contributed by atoms with Crippen LogP contribution in [-0.4, -0.2) is 70.1 Å². The average molecular weight is 419 g/mol. The number of aliphatic hydroxyl groups is 1. The van der Waals surface area contributed by atoms with Crippen LogP contribution in [0.2, 0.25) is 18.6 Å². The molecular formula is C18H34O7Si2. The van der Waals surface area contributed by atoms with Gasteiger partial charge in [-0.3, -0.25) is 0 Å². The van der Waals surface area contributed by atoms with Gasteiger partial charge < -0.3 is 32.3 Å². The molecule has 1 atom stereocenters. The molecule has 27 heavy (non-hydrogen) atoms. The fraction of sp³-hybridized carbons (Fsp3) is 0.667. The lowest BCUT2D eigenvalue weighted by atomic mass is 10.3. The minimum atomic E-state index is -2.52. The molecule has 1 rings (SSSR count). The zero-order chi connectivity index (χ0) is 20.2. The summed E-state index contributed by atoms with van der Waals surface area (Å²) in [6, 6.07) is 9.15. The van der Waals surface area contributed by atoms with Crippen LogP contribution in [0.15, 0.2) is 24.3 Å². The zero-order valence-corrected chi connectivity index (χ0v) is 19.2. The highest BCUT2D eigenvalue weighted by molar-refractivity contribution is 6.72. The van der Waals surface area contributed by atoms with Crippen molar-refractivity contribution >= 4 is 17.1 Å². The van der Waals surface area contributed by atoms with Crippen molar-refractivity contribution in [3.05, 3.63) is 24.3 Å². The maximum atomic E-state index is 9.37. The van der Waals surface area contributed by atoms with E-state index in [0.717, 1.165) is 30.4 Å². The Kier molecular flexibility index (Phi) is 11.2. The molecule has 0 saturated heterocycles. The predicted octanol–water partition coefficient (Wildman–Crippen LogP) is 2.86. The molecule has 1 unspecified atom stereocenters. The minimum Gasteiger partial charge on any atom is -0.494 e. The Hall–Kier alpha value is -0.946. The fourth-order valence-corrected chi connectivity index (χ4v) is 5.62. The van der Waals surface area contributed by atoms with Crippen molar-refractivity contribution in [3.8, 4) is 11.5 Å². The van der Waals surface area contributed by atoms with Crippen molar-refractivity contribution < 1.29 is 32.3 Å². The maximum Gasteiger partial charge on any atom is 0.500 e. The summed E-state index contributed by atoms with van der Waals surface area (Å²) in [6.07, 6.45) is 1.78. The second-order valence-corrected chi connectivity index (χ2v) is 13.7. The summed E-state index contributed by atoms with van der Waals surface area (Å²) >= 11 is 0. The lowest BCUT2D eigenvalue weighted by Gasteiger charge is -2.24. The molecule has 0 aliphatic carbocycles. The molecule has 0 radical (unpaired) electrons. The standard InChI is InChI=1S/C18H34O7Si2/c1-20-26(5,16-19)14-6-12-24-17-8-10-18(11-9-17)25-13-7-15-27(21-2,22-3)23-4/h8-11,19H,6-7,12-16H2,1-5H3. The van der Waals surface area contributed by atoms with E-state index in [1.54, 1.807) is 28.4 Å². The molecule has 1 aromatic carbocycles. The summed E-state index contributed by atoms with van der Waals surface area (Å²) < 4.78 is 33.1. The van der Waals surface area contributed by atoms with Gasteiger partial charge in [0, 0.05) is 34.5 Å². The van der Waals surface area contributed by atoms with Gasteiger partial charge in [-0.1, -0.05) is 0 Å². The first kappa shape index (κ1) is 24.1. The van der Waals surface area contributed by atoms with E-state index in [9.17, 15) is 5.11 Å². The van der Waals surface area contributed by atoms with E-state index in [0.29, 0.717) is 19.3 Å². The van der Waals surface area contributed by atoms with Crippen LogP contribution >= 0.6 is 0 Å². The Morgan fingerprint density at radius 2 is 1.19 bits per heavy atom. The van der Waals surface area contributed by atoms with E-state index in [-0.39, 0.29) is 6.23 Å². The Morgan fingerprint density at radius 1 is 0.741 bits per heavy atom. The third-order valence-corrected chi connectivity index (χ3v) is 10.5. The van der Waals surface area contributed by atoms with Gasteiger partial charge >= 0.3 is 8.80 Å². The predicted molar refractivity (Wildman–Crippen MR) is 109 cm³/mol. The number of hydrogen-bond acceptors (Lipinski definition) is 7. The number of rotatable bonds is 15. The van der Waals surface area contributed by atoms with Crippen LogP contribution in [0.1, 0.15) is 12.8 Å². The van der Waals surface area contributed by atoms with Crippen LogP contribution < -0.4 is 9.47 Å². The molecule has 0 fully saturated rings. The van der Waals surface area contributed by atoms with E-state index >= 15 is 0 Å². The monoisotopic (exact) mass is 418 g/mol. The van der Waals surface area contributed by atoms with Crippen molar-refractivity contribution in [2.45, 2.75) is 31.5 Å². The van der Waals surface area contributed by atoms with Crippen molar-refractivity contribution in [2.24, 2.45) is 0 Å². The van der Waals surface area contributed by atoms with Gasteiger partial charge in [0.05, 0.1) is 19.4 Å². The highest BCUT2D eigenvalue weighted by atomic mass is 28.4. The molecule has 7 nitrogen and oxygen atoms in total. The van der Waals surface area contributed by atoms with Gasteiger partial charge in [-0.2, -0.15) is 0 Å². The third kappa shape index (κ3) is 8.30. The first-order valence-corrected chi connectivity index (χ1v) is 13.9.